The molecule has 0 aliphatic heterocycles. The molecule has 0 amide bonds. The molecule has 16 heavy (non-hydrogen) atoms. The fraction of sp³-hybridized carbons (Fsp3) is 0.538. The molecular formula is C13H20FNO. The number of aryl methyl sites for hydroxylation is 2. The molecule has 0 fully saturated rings. The van der Waals surface area contributed by atoms with Gasteiger partial charge in [-0.3, -0.25) is 0 Å². The third kappa shape index (κ3) is 3.91. The molecule has 1 rings (SSSR count). The van der Waals surface area contributed by atoms with Gasteiger partial charge in [0, 0.05) is 6.54 Å². The topological polar surface area (TPSA) is 32.3 Å². The van der Waals surface area contributed by atoms with E-state index in [-0.39, 0.29) is 11.9 Å². The fourth-order valence-corrected chi connectivity index (χ4v) is 1.68. The van der Waals surface area contributed by atoms with Gasteiger partial charge in [0.05, 0.1) is 6.10 Å². The van der Waals surface area contributed by atoms with E-state index in [1.54, 1.807) is 20.8 Å². The maximum absolute atomic E-state index is 13.4. The van der Waals surface area contributed by atoms with Gasteiger partial charge in [-0.15, -0.1) is 0 Å². The average molecular weight is 225 g/mol. The zero-order valence-corrected chi connectivity index (χ0v) is 10.2. The van der Waals surface area contributed by atoms with Crippen LogP contribution in [-0.4, -0.2) is 17.8 Å². The predicted molar refractivity (Wildman–Crippen MR) is 63.9 cm³/mol. The van der Waals surface area contributed by atoms with Gasteiger partial charge in [0.2, 0.25) is 0 Å². The van der Waals surface area contributed by atoms with E-state index in [0.717, 1.165) is 18.5 Å². The molecule has 0 aliphatic rings. The summed E-state index contributed by atoms with van der Waals surface area (Å²) in [7, 11) is 0. The highest BCUT2D eigenvalue weighted by Gasteiger charge is 2.04. The molecule has 1 aromatic rings. The summed E-state index contributed by atoms with van der Waals surface area (Å²) in [5.74, 6) is -0.118. The molecule has 1 unspecified atom stereocenters. The lowest BCUT2D eigenvalue weighted by molar-refractivity contribution is 0.183. The van der Waals surface area contributed by atoms with Crippen molar-refractivity contribution in [3.05, 3.63) is 34.6 Å². The standard InChI is InChI=1S/C13H20FNO/c1-9-6-12(7-10(2)13(9)14)8-15-5-4-11(3)16/h6-7,11,15-16H,4-5,8H2,1-3H3. The highest BCUT2D eigenvalue weighted by atomic mass is 19.1. The molecule has 1 aromatic carbocycles. The summed E-state index contributed by atoms with van der Waals surface area (Å²) in [6, 6.07) is 3.72. The van der Waals surface area contributed by atoms with E-state index < -0.39 is 0 Å². The summed E-state index contributed by atoms with van der Waals surface area (Å²) >= 11 is 0. The minimum absolute atomic E-state index is 0.118. The van der Waals surface area contributed by atoms with Crippen LogP contribution in [0.3, 0.4) is 0 Å². The van der Waals surface area contributed by atoms with Gasteiger partial charge in [-0.05, 0) is 50.4 Å². The van der Waals surface area contributed by atoms with Crippen molar-refractivity contribution < 1.29 is 9.50 Å². The number of rotatable bonds is 5. The number of hydrogen-bond acceptors (Lipinski definition) is 2. The lowest BCUT2D eigenvalue weighted by Crippen LogP contribution is -2.18. The summed E-state index contributed by atoms with van der Waals surface area (Å²) < 4.78 is 13.4. The zero-order valence-electron chi connectivity index (χ0n) is 10.2. The second-order valence-corrected chi connectivity index (χ2v) is 4.36. The van der Waals surface area contributed by atoms with Gasteiger partial charge in [0.15, 0.2) is 0 Å². The van der Waals surface area contributed by atoms with Crippen molar-refractivity contribution in [3.63, 3.8) is 0 Å². The maximum atomic E-state index is 13.4. The summed E-state index contributed by atoms with van der Waals surface area (Å²) in [4.78, 5) is 0. The predicted octanol–water partition coefficient (Wildman–Crippen LogP) is 2.30. The van der Waals surface area contributed by atoms with E-state index >= 15 is 0 Å². The minimum Gasteiger partial charge on any atom is -0.393 e. The summed E-state index contributed by atoms with van der Waals surface area (Å²) in [6.45, 7) is 6.82. The maximum Gasteiger partial charge on any atom is 0.129 e. The Morgan fingerprint density at radius 2 is 1.88 bits per heavy atom. The summed E-state index contributed by atoms with van der Waals surface area (Å²) in [6.07, 6.45) is 0.461. The highest BCUT2D eigenvalue weighted by Crippen LogP contribution is 2.14. The van der Waals surface area contributed by atoms with E-state index in [0.29, 0.717) is 17.7 Å². The van der Waals surface area contributed by atoms with Crippen molar-refractivity contribution >= 4 is 0 Å². The van der Waals surface area contributed by atoms with Crippen molar-refractivity contribution in [2.24, 2.45) is 0 Å². The summed E-state index contributed by atoms with van der Waals surface area (Å²) in [5, 5.41) is 12.3. The number of aliphatic hydroxyl groups is 1. The van der Waals surface area contributed by atoms with Gasteiger partial charge in [-0.25, -0.2) is 4.39 Å². The molecule has 3 heteroatoms. The molecule has 0 radical (unpaired) electrons. The second-order valence-electron chi connectivity index (χ2n) is 4.36. The molecule has 0 bridgehead atoms. The Morgan fingerprint density at radius 1 is 1.31 bits per heavy atom. The second kappa shape index (κ2) is 5.97. The smallest absolute Gasteiger partial charge is 0.129 e. The Balaban J connectivity index is 2.49. The number of nitrogens with one attached hydrogen (secondary N) is 1. The van der Waals surface area contributed by atoms with Crippen LogP contribution in [-0.2, 0) is 6.54 Å². The highest BCUT2D eigenvalue weighted by molar-refractivity contribution is 5.30. The van der Waals surface area contributed by atoms with Crippen molar-refractivity contribution in [1.29, 1.82) is 0 Å². The van der Waals surface area contributed by atoms with E-state index in [9.17, 15) is 4.39 Å². The average Bonchev–Trinajstić information content (AvgIpc) is 2.20. The monoisotopic (exact) mass is 225 g/mol. The van der Waals surface area contributed by atoms with Crippen molar-refractivity contribution in [3.8, 4) is 0 Å². The minimum atomic E-state index is -0.274. The third-order valence-corrected chi connectivity index (χ3v) is 2.56. The van der Waals surface area contributed by atoms with Crippen LogP contribution in [0, 0.1) is 19.7 Å². The van der Waals surface area contributed by atoms with Crippen LogP contribution in [0.4, 0.5) is 4.39 Å². The van der Waals surface area contributed by atoms with Gasteiger partial charge in [-0.2, -0.15) is 0 Å². The van der Waals surface area contributed by atoms with Crippen LogP contribution in [0.1, 0.15) is 30.0 Å². The van der Waals surface area contributed by atoms with Crippen LogP contribution in [0.25, 0.3) is 0 Å². The van der Waals surface area contributed by atoms with Crippen molar-refractivity contribution in [1.82, 2.24) is 5.32 Å². The van der Waals surface area contributed by atoms with Gasteiger partial charge >= 0.3 is 0 Å². The Kier molecular flexibility index (Phi) is 4.90. The molecule has 1 atom stereocenters. The molecule has 90 valence electrons. The van der Waals surface area contributed by atoms with Gasteiger partial charge in [0.1, 0.15) is 5.82 Å². The first-order chi connectivity index (χ1) is 7.50. The van der Waals surface area contributed by atoms with E-state index in [1.165, 1.54) is 0 Å². The Hall–Kier alpha value is -0.930. The SMILES string of the molecule is Cc1cc(CNCCC(C)O)cc(C)c1F. The normalized spacial score (nSPS) is 12.8. The largest absolute Gasteiger partial charge is 0.393 e. The van der Waals surface area contributed by atoms with Crippen molar-refractivity contribution in [2.75, 3.05) is 6.54 Å². The molecule has 0 saturated heterocycles. The lowest BCUT2D eigenvalue weighted by Gasteiger charge is -2.09. The Bertz CT molecular complexity index is 327. The first-order valence-electron chi connectivity index (χ1n) is 5.65. The van der Waals surface area contributed by atoms with Crippen LogP contribution in [0.15, 0.2) is 12.1 Å². The Morgan fingerprint density at radius 3 is 2.38 bits per heavy atom. The number of halogens is 1. The van der Waals surface area contributed by atoms with E-state index in [4.69, 9.17) is 5.11 Å². The Labute approximate surface area is 96.5 Å². The van der Waals surface area contributed by atoms with Crippen LogP contribution >= 0.6 is 0 Å². The number of aliphatic hydroxyl groups excluding tert-OH is 1. The molecule has 0 spiro atoms. The number of benzene rings is 1. The number of hydrogen-bond donors (Lipinski definition) is 2. The molecule has 2 nitrogen and oxygen atoms in total. The molecule has 0 saturated carbocycles. The van der Waals surface area contributed by atoms with Gasteiger partial charge < -0.3 is 10.4 Å². The molecule has 0 heterocycles. The van der Waals surface area contributed by atoms with Crippen LogP contribution in [0.2, 0.25) is 0 Å². The first-order valence-corrected chi connectivity index (χ1v) is 5.65. The zero-order chi connectivity index (χ0) is 12.1. The first kappa shape index (κ1) is 13.1. The van der Waals surface area contributed by atoms with Gasteiger partial charge in [0.25, 0.3) is 0 Å². The fourth-order valence-electron chi connectivity index (χ4n) is 1.68. The lowest BCUT2D eigenvalue weighted by atomic mass is 10.1. The third-order valence-electron chi connectivity index (χ3n) is 2.56. The van der Waals surface area contributed by atoms with Crippen LogP contribution < -0.4 is 5.32 Å². The molecular weight excluding hydrogens is 205 g/mol. The van der Waals surface area contributed by atoms with Crippen LogP contribution in [0.5, 0.6) is 0 Å². The molecule has 2 N–H and O–H groups in total. The van der Waals surface area contributed by atoms with Crippen molar-refractivity contribution in [2.45, 2.75) is 39.8 Å². The molecule has 0 aliphatic carbocycles. The molecule has 0 aromatic heterocycles. The van der Waals surface area contributed by atoms with E-state index in [1.807, 2.05) is 12.1 Å². The van der Waals surface area contributed by atoms with E-state index in [2.05, 4.69) is 5.32 Å². The quantitative estimate of drug-likeness (QED) is 0.754. The van der Waals surface area contributed by atoms with Gasteiger partial charge in [-0.1, -0.05) is 12.1 Å². The summed E-state index contributed by atoms with van der Waals surface area (Å²) in [5.41, 5.74) is 2.46.